The number of aryl methyl sites for hydroxylation is 1. The number of oxazole rings is 1. The van der Waals surface area contributed by atoms with Crippen LogP contribution in [0.5, 0.6) is 0 Å². The van der Waals surface area contributed by atoms with Gasteiger partial charge in [0.1, 0.15) is 11.3 Å². The number of nitrogens with zero attached hydrogens (tertiary/aromatic N) is 4. The van der Waals surface area contributed by atoms with Crippen molar-refractivity contribution in [3.8, 4) is 11.1 Å². The molecule has 158 valence electrons. The van der Waals surface area contributed by atoms with Crippen LogP contribution in [0.25, 0.3) is 22.2 Å². The minimum atomic E-state index is -0.557. The molecule has 0 aliphatic heterocycles. The number of benzene rings is 2. The van der Waals surface area contributed by atoms with Crippen molar-refractivity contribution >= 4 is 28.6 Å². The molecule has 32 heavy (non-hydrogen) atoms. The zero-order valence-electron chi connectivity index (χ0n) is 16.9. The maximum absolute atomic E-state index is 14.4. The summed E-state index contributed by atoms with van der Waals surface area (Å²) in [6.45, 7) is 1.82. The molecule has 0 spiro atoms. The van der Waals surface area contributed by atoms with Crippen LogP contribution in [0.3, 0.4) is 0 Å². The monoisotopic (exact) mass is 428 g/mol. The number of halogens is 1. The van der Waals surface area contributed by atoms with Gasteiger partial charge in [-0.3, -0.25) is 10.4 Å². The number of para-hydroxylation sites is 2. The lowest BCUT2D eigenvalue weighted by Gasteiger charge is -2.12. The van der Waals surface area contributed by atoms with E-state index in [1.54, 1.807) is 61.1 Å². The molecule has 2 aromatic carbocycles. The summed E-state index contributed by atoms with van der Waals surface area (Å²) in [5.74, 6) is -0.214. The number of aromatic nitrogens is 4. The highest BCUT2D eigenvalue weighted by Crippen LogP contribution is 2.27. The predicted molar refractivity (Wildman–Crippen MR) is 119 cm³/mol. The van der Waals surface area contributed by atoms with Crippen LogP contribution < -0.4 is 16.5 Å². The molecule has 0 amide bonds. The SMILES string of the molecule is Cc1cnc(Nc2ccc(F)c(-c3cccnc3)c2)nc1Nn1c(=O)oc2ccccc21. The zero-order chi connectivity index (χ0) is 22.1. The number of hydrogen-bond donors (Lipinski definition) is 2. The molecule has 0 bridgehead atoms. The molecule has 8 nitrogen and oxygen atoms in total. The Morgan fingerprint density at radius 2 is 1.94 bits per heavy atom. The molecule has 0 unspecified atom stereocenters. The topological polar surface area (TPSA) is 97.9 Å². The first-order chi connectivity index (χ1) is 15.6. The van der Waals surface area contributed by atoms with Gasteiger partial charge in [0.15, 0.2) is 11.4 Å². The van der Waals surface area contributed by atoms with Gasteiger partial charge >= 0.3 is 5.76 Å². The molecule has 0 aliphatic rings. The van der Waals surface area contributed by atoms with Crippen molar-refractivity contribution in [1.82, 2.24) is 19.6 Å². The van der Waals surface area contributed by atoms with Crippen LogP contribution in [-0.4, -0.2) is 19.6 Å². The van der Waals surface area contributed by atoms with E-state index in [1.807, 2.05) is 13.0 Å². The molecule has 0 saturated heterocycles. The van der Waals surface area contributed by atoms with Crippen molar-refractivity contribution in [2.75, 3.05) is 10.7 Å². The normalized spacial score (nSPS) is 10.9. The maximum atomic E-state index is 14.4. The first kappa shape index (κ1) is 19.4. The molecule has 0 radical (unpaired) electrons. The van der Waals surface area contributed by atoms with E-state index in [0.29, 0.717) is 33.7 Å². The van der Waals surface area contributed by atoms with Crippen LogP contribution in [0.1, 0.15) is 5.56 Å². The third kappa shape index (κ3) is 3.67. The van der Waals surface area contributed by atoms with Crippen molar-refractivity contribution in [2.45, 2.75) is 6.92 Å². The summed E-state index contributed by atoms with van der Waals surface area (Å²) in [6, 6.07) is 15.2. The van der Waals surface area contributed by atoms with Crippen molar-refractivity contribution in [3.63, 3.8) is 0 Å². The van der Waals surface area contributed by atoms with Gasteiger partial charge in [0, 0.05) is 41.0 Å². The van der Waals surface area contributed by atoms with E-state index >= 15 is 0 Å². The van der Waals surface area contributed by atoms with Gasteiger partial charge in [-0.15, -0.1) is 0 Å². The Hall–Kier alpha value is -4.53. The van der Waals surface area contributed by atoms with E-state index in [0.717, 1.165) is 5.56 Å². The lowest BCUT2D eigenvalue weighted by Crippen LogP contribution is -2.23. The quantitative estimate of drug-likeness (QED) is 0.425. The first-order valence-corrected chi connectivity index (χ1v) is 9.77. The lowest BCUT2D eigenvalue weighted by atomic mass is 10.1. The van der Waals surface area contributed by atoms with E-state index in [1.165, 1.54) is 10.7 Å². The average Bonchev–Trinajstić information content (AvgIpc) is 3.13. The van der Waals surface area contributed by atoms with Crippen LogP contribution in [0.15, 0.2) is 82.4 Å². The summed E-state index contributed by atoms with van der Waals surface area (Å²) >= 11 is 0. The third-order valence-electron chi connectivity index (χ3n) is 4.87. The second-order valence-electron chi connectivity index (χ2n) is 7.07. The molecule has 2 N–H and O–H groups in total. The van der Waals surface area contributed by atoms with Gasteiger partial charge in [0.05, 0.1) is 0 Å². The Morgan fingerprint density at radius 1 is 1.06 bits per heavy atom. The molecule has 0 atom stereocenters. The standard InChI is InChI=1S/C23H17FN6O2/c1-14-12-26-22(27-16-8-9-18(24)17(11-16)15-5-4-10-25-13-15)28-21(14)29-30-19-6-2-3-7-20(19)32-23(30)31/h2-13H,1H3,(H2,26,27,28,29). The van der Waals surface area contributed by atoms with Crippen LogP contribution in [0.4, 0.5) is 21.8 Å². The smallest absolute Gasteiger partial charge is 0.406 e. The summed E-state index contributed by atoms with van der Waals surface area (Å²) in [4.78, 5) is 25.1. The molecule has 3 aromatic heterocycles. The van der Waals surface area contributed by atoms with Gasteiger partial charge in [-0.1, -0.05) is 18.2 Å². The van der Waals surface area contributed by atoms with E-state index in [9.17, 15) is 9.18 Å². The molecular weight excluding hydrogens is 411 g/mol. The highest BCUT2D eigenvalue weighted by molar-refractivity contribution is 5.74. The molecule has 0 fully saturated rings. The van der Waals surface area contributed by atoms with Crippen molar-refractivity contribution < 1.29 is 8.81 Å². The van der Waals surface area contributed by atoms with E-state index < -0.39 is 5.76 Å². The molecule has 5 rings (SSSR count). The third-order valence-corrected chi connectivity index (χ3v) is 4.87. The lowest BCUT2D eigenvalue weighted by molar-refractivity contribution is 0.532. The highest BCUT2D eigenvalue weighted by atomic mass is 19.1. The molecule has 0 saturated carbocycles. The van der Waals surface area contributed by atoms with Crippen LogP contribution in [0.2, 0.25) is 0 Å². The first-order valence-electron chi connectivity index (χ1n) is 9.77. The fourth-order valence-corrected chi connectivity index (χ4v) is 3.27. The summed E-state index contributed by atoms with van der Waals surface area (Å²) in [5, 5.41) is 3.08. The van der Waals surface area contributed by atoms with E-state index in [4.69, 9.17) is 4.42 Å². The molecular formula is C23H17FN6O2. The maximum Gasteiger partial charge on any atom is 0.439 e. The van der Waals surface area contributed by atoms with Crippen LogP contribution in [0, 0.1) is 12.7 Å². The number of anilines is 3. The molecule has 0 aliphatic carbocycles. The Morgan fingerprint density at radius 3 is 2.78 bits per heavy atom. The summed E-state index contributed by atoms with van der Waals surface area (Å²) in [5.41, 5.74) is 6.43. The van der Waals surface area contributed by atoms with Crippen molar-refractivity contribution in [2.24, 2.45) is 0 Å². The van der Waals surface area contributed by atoms with Crippen molar-refractivity contribution in [1.29, 1.82) is 0 Å². The van der Waals surface area contributed by atoms with E-state index in [2.05, 4.69) is 25.7 Å². The zero-order valence-corrected chi connectivity index (χ0v) is 16.9. The number of hydrogen-bond acceptors (Lipinski definition) is 7. The molecule has 3 heterocycles. The number of pyridine rings is 1. The number of rotatable bonds is 5. The second-order valence-corrected chi connectivity index (χ2v) is 7.07. The van der Waals surface area contributed by atoms with E-state index in [-0.39, 0.29) is 11.8 Å². The largest absolute Gasteiger partial charge is 0.439 e. The summed E-state index contributed by atoms with van der Waals surface area (Å²) in [7, 11) is 0. The fraction of sp³-hybridized carbons (Fsp3) is 0.0435. The summed E-state index contributed by atoms with van der Waals surface area (Å²) in [6.07, 6.45) is 4.85. The van der Waals surface area contributed by atoms with Gasteiger partial charge < -0.3 is 9.73 Å². The number of fused-ring (bicyclic) bond motifs is 1. The van der Waals surface area contributed by atoms with Gasteiger partial charge in [-0.05, 0) is 43.3 Å². The number of nitrogens with one attached hydrogen (secondary N) is 2. The van der Waals surface area contributed by atoms with Crippen LogP contribution >= 0.6 is 0 Å². The van der Waals surface area contributed by atoms with Gasteiger partial charge in [-0.25, -0.2) is 14.2 Å². The Kier molecular flexibility index (Phi) is 4.83. The Balaban J connectivity index is 1.46. The summed E-state index contributed by atoms with van der Waals surface area (Å²) < 4.78 is 20.9. The average molecular weight is 428 g/mol. The fourth-order valence-electron chi connectivity index (χ4n) is 3.27. The Bertz CT molecular complexity index is 1480. The van der Waals surface area contributed by atoms with Crippen molar-refractivity contribution in [3.05, 3.63) is 95.1 Å². The predicted octanol–water partition coefficient (Wildman–Crippen LogP) is 4.51. The van der Waals surface area contributed by atoms with Gasteiger partial charge in [0.25, 0.3) is 0 Å². The highest BCUT2D eigenvalue weighted by Gasteiger charge is 2.12. The molecule has 5 aromatic rings. The second kappa shape index (κ2) is 7.95. The minimum absolute atomic E-state index is 0.280. The Labute approximate surface area is 181 Å². The molecule has 9 heteroatoms. The minimum Gasteiger partial charge on any atom is -0.406 e. The van der Waals surface area contributed by atoms with Crippen LogP contribution in [-0.2, 0) is 0 Å². The van der Waals surface area contributed by atoms with Gasteiger partial charge in [-0.2, -0.15) is 9.66 Å². The van der Waals surface area contributed by atoms with Gasteiger partial charge in [0.2, 0.25) is 5.95 Å².